The zero-order valence-electron chi connectivity index (χ0n) is 15.7. The van der Waals surface area contributed by atoms with E-state index in [2.05, 4.69) is 26.1 Å². The number of hydrogen-bond donors (Lipinski definition) is 1. The summed E-state index contributed by atoms with van der Waals surface area (Å²) in [5, 5.41) is 2.82. The molecule has 0 spiro atoms. The molecule has 0 aliphatic rings. The molecule has 0 aromatic heterocycles. The van der Waals surface area contributed by atoms with E-state index in [9.17, 15) is 13.2 Å². The van der Waals surface area contributed by atoms with Crippen LogP contribution in [-0.4, -0.2) is 26.7 Å². The molecule has 2 aromatic rings. The van der Waals surface area contributed by atoms with Gasteiger partial charge in [-0.1, -0.05) is 32.9 Å². The lowest BCUT2D eigenvalue weighted by Gasteiger charge is -2.19. The molecule has 1 N–H and O–H groups in total. The van der Waals surface area contributed by atoms with Gasteiger partial charge in [-0.3, -0.25) is 4.79 Å². The van der Waals surface area contributed by atoms with Gasteiger partial charge in [0, 0.05) is 11.9 Å². The number of anilines is 1. The van der Waals surface area contributed by atoms with E-state index in [1.807, 2.05) is 24.3 Å². The van der Waals surface area contributed by atoms with Crippen LogP contribution in [0.4, 0.5) is 5.69 Å². The minimum Gasteiger partial charge on any atom is -0.481 e. The standard InChI is InChI=1S/C20H25NO4S/c1-14(25-17-10-12-18(13-11-17)26(5,23)24)19(22)21-16-8-6-15(7-9-16)20(2,3)4/h6-14H,1-5H3,(H,21,22). The molecule has 0 aliphatic carbocycles. The largest absolute Gasteiger partial charge is 0.481 e. The van der Waals surface area contributed by atoms with Crippen molar-refractivity contribution in [2.75, 3.05) is 11.6 Å². The van der Waals surface area contributed by atoms with Crippen molar-refractivity contribution in [1.29, 1.82) is 0 Å². The monoisotopic (exact) mass is 375 g/mol. The Bertz CT molecular complexity index is 864. The summed E-state index contributed by atoms with van der Waals surface area (Å²) in [6, 6.07) is 13.7. The highest BCUT2D eigenvalue weighted by atomic mass is 32.2. The molecule has 0 fully saturated rings. The molecule has 0 aliphatic heterocycles. The van der Waals surface area contributed by atoms with Crippen LogP contribution in [0.2, 0.25) is 0 Å². The van der Waals surface area contributed by atoms with Crippen LogP contribution in [0, 0.1) is 0 Å². The summed E-state index contributed by atoms with van der Waals surface area (Å²) in [6.07, 6.45) is 0.422. The summed E-state index contributed by atoms with van der Waals surface area (Å²) in [5.74, 6) is 0.156. The molecule has 6 heteroatoms. The molecular weight excluding hydrogens is 350 g/mol. The van der Waals surface area contributed by atoms with E-state index >= 15 is 0 Å². The van der Waals surface area contributed by atoms with Crippen molar-refractivity contribution in [3.8, 4) is 5.75 Å². The van der Waals surface area contributed by atoms with Gasteiger partial charge in [-0.2, -0.15) is 0 Å². The maximum atomic E-state index is 12.3. The fourth-order valence-corrected chi connectivity index (χ4v) is 2.95. The fraction of sp³-hybridized carbons (Fsp3) is 0.350. The van der Waals surface area contributed by atoms with Crippen LogP contribution >= 0.6 is 0 Å². The van der Waals surface area contributed by atoms with Crippen LogP contribution < -0.4 is 10.1 Å². The van der Waals surface area contributed by atoms with Gasteiger partial charge < -0.3 is 10.1 Å². The van der Waals surface area contributed by atoms with Gasteiger partial charge in [0.25, 0.3) is 5.91 Å². The molecule has 0 saturated heterocycles. The SMILES string of the molecule is CC(Oc1ccc(S(C)(=O)=O)cc1)C(=O)Nc1ccc(C(C)(C)C)cc1. The summed E-state index contributed by atoms with van der Waals surface area (Å²) < 4.78 is 28.5. The van der Waals surface area contributed by atoms with Crippen molar-refractivity contribution in [3.05, 3.63) is 54.1 Å². The molecule has 1 atom stereocenters. The molecule has 26 heavy (non-hydrogen) atoms. The van der Waals surface area contributed by atoms with E-state index in [4.69, 9.17) is 4.74 Å². The Morgan fingerprint density at radius 2 is 1.54 bits per heavy atom. The van der Waals surface area contributed by atoms with Crippen LogP contribution in [0.5, 0.6) is 5.75 Å². The molecule has 2 aromatic carbocycles. The van der Waals surface area contributed by atoms with Crippen molar-refractivity contribution >= 4 is 21.4 Å². The molecule has 1 amide bonds. The highest BCUT2D eigenvalue weighted by Crippen LogP contribution is 2.23. The first-order valence-electron chi connectivity index (χ1n) is 8.35. The molecule has 2 rings (SSSR count). The second kappa shape index (κ2) is 7.50. The van der Waals surface area contributed by atoms with Crippen molar-refractivity contribution < 1.29 is 17.9 Å². The summed E-state index contributed by atoms with van der Waals surface area (Å²) >= 11 is 0. The number of amides is 1. The maximum Gasteiger partial charge on any atom is 0.265 e. The number of carbonyl (C=O) groups is 1. The fourth-order valence-electron chi connectivity index (χ4n) is 2.32. The Morgan fingerprint density at radius 1 is 1.00 bits per heavy atom. The van der Waals surface area contributed by atoms with E-state index in [-0.39, 0.29) is 16.2 Å². The molecule has 0 bridgehead atoms. The van der Waals surface area contributed by atoms with Gasteiger partial charge >= 0.3 is 0 Å². The highest BCUT2D eigenvalue weighted by molar-refractivity contribution is 7.90. The maximum absolute atomic E-state index is 12.3. The minimum absolute atomic E-state index is 0.0527. The Labute approximate surface area is 155 Å². The summed E-state index contributed by atoms with van der Waals surface area (Å²) in [6.45, 7) is 8.03. The summed E-state index contributed by atoms with van der Waals surface area (Å²) in [5.41, 5.74) is 1.94. The molecule has 0 saturated carbocycles. The molecule has 5 nitrogen and oxygen atoms in total. The predicted molar refractivity (Wildman–Crippen MR) is 103 cm³/mol. The van der Waals surface area contributed by atoms with Crippen molar-refractivity contribution in [3.63, 3.8) is 0 Å². The van der Waals surface area contributed by atoms with Gasteiger partial charge in [0.05, 0.1) is 4.90 Å². The van der Waals surface area contributed by atoms with Gasteiger partial charge in [-0.15, -0.1) is 0 Å². The number of rotatable bonds is 5. The van der Waals surface area contributed by atoms with Gasteiger partial charge in [0.15, 0.2) is 15.9 Å². The number of hydrogen-bond acceptors (Lipinski definition) is 4. The molecule has 1 unspecified atom stereocenters. The number of carbonyl (C=O) groups excluding carboxylic acids is 1. The zero-order valence-corrected chi connectivity index (χ0v) is 16.6. The second-order valence-corrected chi connectivity index (χ2v) is 9.34. The third kappa shape index (κ3) is 5.33. The van der Waals surface area contributed by atoms with Gasteiger partial charge in [0.1, 0.15) is 5.75 Å². The van der Waals surface area contributed by atoms with E-state index in [0.717, 1.165) is 6.26 Å². The summed E-state index contributed by atoms with van der Waals surface area (Å²) in [4.78, 5) is 12.5. The van der Waals surface area contributed by atoms with Gasteiger partial charge in [-0.05, 0) is 54.3 Å². The lowest BCUT2D eigenvalue weighted by Crippen LogP contribution is -2.30. The van der Waals surface area contributed by atoms with Crippen LogP contribution in [0.3, 0.4) is 0 Å². The average Bonchev–Trinajstić information content (AvgIpc) is 2.54. The first kappa shape index (κ1) is 20.0. The smallest absolute Gasteiger partial charge is 0.265 e. The Morgan fingerprint density at radius 3 is 2.00 bits per heavy atom. The Balaban J connectivity index is 1.99. The van der Waals surface area contributed by atoms with Gasteiger partial charge in [0.2, 0.25) is 0 Å². The van der Waals surface area contributed by atoms with E-state index in [0.29, 0.717) is 11.4 Å². The first-order chi connectivity index (χ1) is 12.0. The number of benzene rings is 2. The Hall–Kier alpha value is -2.34. The second-order valence-electron chi connectivity index (χ2n) is 7.32. The molecule has 0 heterocycles. The zero-order chi connectivity index (χ0) is 19.5. The molecule has 0 radical (unpaired) electrons. The first-order valence-corrected chi connectivity index (χ1v) is 10.2. The third-order valence-corrected chi connectivity index (χ3v) is 5.08. The van der Waals surface area contributed by atoms with E-state index in [1.54, 1.807) is 6.92 Å². The predicted octanol–water partition coefficient (Wildman–Crippen LogP) is 3.79. The van der Waals surface area contributed by atoms with Crippen LogP contribution in [0.25, 0.3) is 0 Å². The van der Waals surface area contributed by atoms with Crippen LogP contribution in [0.1, 0.15) is 33.3 Å². The van der Waals surface area contributed by atoms with E-state index in [1.165, 1.54) is 29.8 Å². The third-order valence-electron chi connectivity index (χ3n) is 3.95. The number of ether oxygens (including phenoxy) is 1. The lowest BCUT2D eigenvalue weighted by molar-refractivity contribution is -0.122. The number of sulfone groups is 1. The van der Waals surface area contributed by atoms with Crippen molar-refractivity contribution in [1.82, 2.24) is 0 Å². The van der Waals surface area contributed by atoms with Crippen molar-refractivity contribution in [2.24, 2.45) is 0 Å². The minimum atomic E-state index is -3.25. The van der Waals surface area contributed by atoms with E-state index < -0.39 is 15.9 Å². The normalized spacial score (nSPS) is 13.1. The molecular formula is C20H25NO4S. The highest BCUT2D eigenvalue weighted by Gasteiger charge is 2.17. The number of nitrogens with one attached hydrogen (secondary N) is 1. The Kier molecular flexibility index (Phi) is 5.76. The van der Waals surface area contributed by atoms with Crippen molar-refractivity contribution in [2.45, 2.75) is 44.1 Å². The van der Waals surface area contributed by atoms with Crippen LogP contribution in [0.15, 0.2) is 53.4 Å². The van der Waals surface area contributed by atoms with Gasteiger partial charge in [-0.25, -0.2) is 8.42 Å². The molecule has 140 valence electrons. The topological polar surface area (TPSA) is 72.5 Å². The average molecular weight is 375 g/mol. The quantitative estimate of drug-likeness (QED) is 0.863. The van der Waals surface area contributed by atoms with Crippen LogP contribution in [-0.2, 0) is 20.0 Å². The summed E-state index contributed by atoms with van der Waals surface area (Å²) in [7, 11) is -3.25. The lowest BCUT2D eigenvalue weighted by atomic mass is 9.87.